The van der Waals surface area contributed by atoms with Crippen LogP contribution in [0.1, 0.15) is 30.7 Å². The molecule has 4 rings (SSSR count). The fraction of sp³-hybridized carbons (Fsp3) is 0.500. The molecule has 10 heteroatoms. The van der Waals surface area contributed by atoms with Crippen LogP contribution in [-0.2, 0) is 28.2 Å². The minimum absolute atomic E-state index is 0.141. The molecule has 3 heterocycles. The Morgan fingerprint density at radius 1 is 1.36 bits per heavy atom. The van der Waals surface area contributed by atoms with Gasteiger partial charge in [-0.25, -0.2) is 0 Å². The van der Waals surface area contributed by atoms with Gasteiger partial charge in [0.1, 0.15) is 5.82 Å². The van der Waals surface area contributed by atoms with Gasteiger partial charge in [0.2, 0.25) is 12.7 Å². The number of benzene rings is 1. The summed E-state index contributed by atoms with van der Waals surface area (Å²) in [7, 11) is 0. The molecule has 1 amide bonds. The van der Waals surface area contributed by atoms with Gasteiger partial charge in [0.15, 0.2) is 16.7 Å². The van der Waals surface area contributed by atoms with Crippen molar-refractivity contribution >= 4 is 29.3 Å². The molecule has 1 atom stereocenters. The standard InChI is InChI=1S/C18H21ClN4O4S/c19-13-6-11(7-14-17(13)27-10-26-14)9-28-18-22-21-16(4-3-15(20)24)23(18)8-12-2-1-5-25-12/h6-7,12H,1-5,8-10H2,(H2,20,24). The van der Waals surface area contributed by atoms with Gasteiger partial charge in [0, 0.05) is 25.2 Å². The molecule has 0 aliphatic carbocycles. The zero-order valence-electron chi connectivity index (χ0n) is 15.2. The van der Waals surface area contributed by atoms with Crippen LogP contribution < -0.4 is 15.2 Å². The zero-order valence-corrected chi connectivity index (χ0v) is 16.8. The maximum atomic E-state index is 11.2. The molecule has 0 bridgehead atoms. The third-order valence-electron chi connectivity index (χ3n) is 4.65. The predicted octanol–water partition coefficient (Wildman–Crippen LogP) is 2.55. The number of primary amides is 1. The molecule has 8 nitrogen and oxygen atoms in total. The Labute approximate surface area is 171 Å². The fourth-order valence-electron chi connectivity index (χ4n) is 3.27. The van der Waals surface area contributed by atoms with Crippen LogP contribution in [0.2, 0.25) is 5.02 Å². The maximum absolute atomic E-state index is 11.2. The summed E-state index contributed by atoms with van der Waals surface area (Å²) >= 11 is 7.82. The molecule has 1 saturated heterocycles. The number of thioether (sulfide) groups is 1. The Bertz CT molecular complexity index is 870. The van der Waals surface area contributed by atoms with E-state index >= 15 is 0 Å². The van der Waals surface area contributed by atoms with Crippen molar-refractivity contribution in [2.24, 2.45) is 5.73 Å². The Balaban J connectivity index is 1.50. The molecule has 0 radical (unpaired) electrons. The summed E-state index contributed by atoms with van der Waals surface area (Å²) in [5, 5.41) is 9.92. The molecule has 28 heavy (non-hydrogen) atoms. The van der Waals surface area contributed by atoms with Crippen LogP contribution in [0.15, 0.2) is 17.3 Å². The molecular weight excluding hydrogens is 404 g/mol. The summed E-state index contributed by atoms with van der Waals surface area (Å²) in [6.45, 7) is 1.64. The molecule has 0 saturated carbocycles. The third kappa shape index (κ3) is 4.37. The fourth-order valence-corrected chi connectivity index (χ4v) is 4.46. The summed E-state index contributed by atoms with van der Waals surface area (Å²) in [5.74, 6) is 2.30. The van der Waals surface area contributed by atoms with Crippen molar-refractivity contribution in [1.82, 2.24) is 14.8 Å². The first-order chi connectivity index (χ1) is 13.6. The molecule has 150 valence electrons. The van der Waals surface area contributed by atoms with Gasteiger partial charge in [-0.2, -0.15) is 0 Å². The second-order valence-electron chi connectivity index (χ2n) is 6.71. The summed E-state index contributed by atoms with van der Waals surface area (Å²) in [4.78, 5) is 11.2. The van der Waals surface area contributed by atoms with E-state index in [-0.39, 0.29) is 25.2 Å². The highest BCUT2D eigenvalue weighted by Gasteiger charge is 2.22. The topological polar surface area (TPSA) is 101 Å². The molecule has 2 aliphatic rings. The SMILES string of the molecule is NC(=O)CCc1nnc(SCc2cc(Cl)c3c(c2)OCO3)n1CC1CCCO1. The van der Waals surface area contributed by atoms with Gasteiger partial charge in [-0.05, 0) is 30.5 Å². The van der Waals surface area contributed by atoms with E-state index in [9.17, 15) is 4.79 Å². The quantitative estimate of drug-likeness (QED) is 0.649. The lowest BCUT2D eigenvalue weighted by Gasteiger charge is -2.14. The van der Waals surface area contributed by atoms with Crippen LogP contribution in [0, 0.1) is 0 Å². The normalized spacial score (nSPS) is 18.0. The lowest BCUT2D eigenvalue weighted by Crippen LogP contribution is -2.19. The number of nitrogens with two attached hydrogens (primary N) is 1. The second-order valence-corrected chi connectivity index (χ2v) is 8.06. The minimum Gasteiger partial charge on any atom is -0.454 e. The largest absolute Gasteiger partial charge is 0.454 e. The summed E-state index contributed by atoms with van der Waals surface area (Å²) in [5.41, 5.74) is 6.30. The molecule has 1 unspecified atom stereocenters. The number of aromatic nitrogens is 3. The van der Waals surface area contributed by atoms with Crippen molar-refractivity contribution in [3.05, 3.63) is 28.5 Å². The maximum Gasteiger partial charge on any atom is 0.231 e. The van der Waals surface area contributed by atoms with Crippen LogP contribution in [-0.4, -0.2) is 40.2 Å². The molecule has 2 aromatic rings. The van der Waals surface area contributed by atoms with E-state index in [0.717, 1.165) is 36.0 Å². The van der Waals surface area contributed by atoms with Gasteiger partial charge in [0.25, 0.3) is 0 Å². The smallest absolute Gasteiger partial charge is 0.231 e. The lowest BCUT2D eigenvalue weighted by atomic mass is 10.2. The predicted molar refractivity (Wildman–Crippen MR) is 104 cm³/mol. The van der Waals surface area contributed by atoms with Crippen LogP contribution in [0.3, 0.4) is 0 Å². The number of fused-ring (bicyclic) bond motifs is 1. The zero-order chi connectivity index (χ0) is 19.5. The average Bonchev–Trinajstić information content (AvgIpc) is 3.40. The Kier molecular flexibility index (Phi) is 5.93. The van der Waals surface area contributed by atoms with Crippen molar-refractivity contribution < 1.29 is 19.0 Å². The van der Waals surface area contributed by atoms with Crippen molar-refractivity contribution in [3.63, 3.8) is 0 Å². The monoisotopic (exact) mass is 424 g/mol. The lowest BCUT2D eigenvalue weighted by molar-refractivity contribution is -0.118. The molecule has 2 N–H and O–H groups in total. The van der Waals surface area contributed by atoms with Crippen LogP contribution in [0.25, 0.3) is 0 Å². The third-order valence-corrected chi connectivity index (χ3v) is 5.97. The highest BCUT2D eigenvalue weighted by molar-refractivity contribution is 7.98. The van der Waals surface area contributed by atoms with E-state index in [1.165, 1.54) is 0 Å². The van der Waals surface area contributed by atoms with Gasteiger partial charge in [-0.3, -0.25) is 4.79 Å². The number of aryl methyl sites for hydroxylation is 1. The van der Waals surface area contributed by atoms with Gasteiger partial charge in [-0.15, -0.1) is 10.2 Å². The van der Waals surface area contributed by atoms with E-state index in [2.05, 4.69) is 10.2 Å². The Morgan fingerprint density at radius 3 is 3.04 bits per heavy atom. The summed E-state index contributed by atoms with van der Waals surface area (Å²) < 4.78 is 18.6. The first-order valence-corrected chi connectivity index (χ1v) is 10.5. The second kappa shape index (κ2) is 8.59. The van der Waals surface area contributed by atoms with Gasteiger partial charge < -0.3 is 24.5 Å². The molecule has 1 aromatic heterocycles. The van der Waals surface area contributed by atoms with Crippen LogP contribution >= 0.6 is 23.4 Å². The molecule has 0 spiro atoms. The minimum atomic E-state index is -0.351. The number of amides is 1. The number of carbonyl (C=O) groups is 1. The van der Waals surface area contributed by atoms with Gasteiger partial charge in [-0.1, -0.05) is 23.4 Å². The van der Waals surface area contributed by atoms with Crippen molar-refractivity contribution in [2.45, 2.75) is 49.2 Å². The highest BCUT2D eigenvalue weighted by Crippen LogP contribution is 2.40. The molecule has 1 fully saturated rings. The van der Waals surface area contributed by atoms with Crippen molar-refractivity contribution in [3.8, 4) is 11.5 Å². The number of halogens is 1. The molecule has 2 aliphatic heterocycles. The Morgan fingerprint density at radius 2 is 2.25 bits per heavy atom. The van der Waals surface area contributed by atoms with E-state index in [1.54, 1.807) is 11.8 Å². The molecular formula is C18H21ClN4O4S. The van der Waals surface area contributed by atoms with Gasteiger partial charge in [0.05, 0.1) is 17.7 Å². The van der Waals surface area contributed by atoms with Crippen molar-refractivity contribution in [1.29, 1.82) is 0 Å². The average molecular weight is 425 g/mol. The van der Waals surface area contributed by atoms with Gasteiger partial charge >= 0.3 is 0 Å². The summed E-state index contributed by atoms with van der Waals surface area (Å²) in [6, 6.07) is 3.80. The number of nitrogens with zero attached hydrogens (tertiary/aromatic N) is 3. The summed E-state index contributed by atoms with van der Waals surface area (Å²) in [6.07, 6.45) is 2.91. The number of rotatable bonds is 8. The van der Waals surface area contributed by atoms with Crippen molar-refractivity contribution in [2.75, 3.05) is 13.4 Å². The van der Waals surface area contributed by atoms with Crippen LogP contribution in [0.5, 0.6) is 11.5 Å². The van der Waals surface area contributed by atoms with E-state index in [4.69, 9.17) is 31.5 Å². The first kappa shape index (κ1) is 19.4. The van der Waals surface area contributed by atoms with E-state index < -0.39 is 0 Å². The molecule has 1 aromatic carbocycles. The highest BCUT2D eigenvalue weighted by atomic mass is 35.5. The van der Waals surface area contributed by atoms with Crippen LogP contribution in [0.4, 0.5) is 0 Å². The number of carbonyl (C=O) groups excluding carboxylic acids is 1. The first-order valence-electron chi connectivity index (χ1n) is 9.13. The van der Waals surface area contributed by atoms with E-state index in [1.807, 2.05) is 16.7 Å². The number of hydrogen-bond donors (Lipinski definition) is 1. The Hall–Kier alpha value is -1.97. The number of hydrogen-bond acceptors (Lipinski definition) is 7. The van der Waals surface area contributed by atoms with E-state index in [0.29, 0.717) is 35.2 Å². The number of ether oxygens (including phenoxy) is 3.